The first-order valence-electron chi connectivity index (χ1n) is 11.8. The summed E-state index contributed by atoms with van der Waals surface area (Å²) in [5, 5.41) is 8.31. The Hall–Kier alpha value is -3.43. The molecule has 0 radical (unpaired) electrons. The summed E-state index contributed by atoms with van der Waals surface area (Å²) in [6.45, 7) is 8.93. The van der Waals surface area contributed by atoms with Gasteiger partial charge in [0, 0.05) is 30.2 Å². The van der Waals surface area contributed by atoms with Crippen molar-refractivity contribution in [3.05, 3.63) is 53.1 Å². The Balaban J connectivity index is 1.38. The predicted molar refractivity (Wildman–Crippen MR) is 138 cm³/mol. The van der Waals surface area contributed by atoms with Crippen LogP contribution in [0.25, 0.3) is 0 Å². The number of likely N-dealkylation sites (N-methyl/N-ethyl adjacent to an activating group) is 1. The average molecular weight is 482 g/mol. The third kappa shape index (κ3) is 8.08. The van der Waals surface area contributed by atoms with Gasteiger partial charge in [-0.25, -0.2) is 0 Å². The maximum absolute atomic E-state index is 12.4. The van der Waals surface area contributed by atoms with E-state index in [1.165, 1.54) is 0 Å². The molecule has 0 saturated carbocycles. The second kappa shape index (κ2) is 12.3. The number of ether oxygens (including phenoxy) is 1. The van der Waals surface area contributed by atoms with E-state index in [1.807, 2.05) is 57.2 Å². The third-order valence-electron chi connectivity index (χ3n) is 5.74. The minimum absolute atomic E-state index is 0.000738. The van der Waals surface area contributed by atoms with Crippen LogP contribution in [0, 0.1) is 20.8 Å². The Morgan fingerprint density at radius 1 is 0.886 bits per heavy atom. The zero-order valence-electron chi connectivity index (χ0n) is 20.9. The molecule has 1 aliphatic rings. The highest BCUT2D eigenvalue weighted by Crippen LogP contribution is 2.22. The summed E-state index contributed by atoms with van der Waals surface area (Å²) >= 11 is 0. The number of aryl methyl sites for hydroxylation is 3. The van der Waals surface area contributed by atoms with E-state index in [4.69, 9.17) is 4.74 Å². The van der Waals surface area contributed by atoms with E-state index in [-0.39, 0.29) is 37.4 Å². The van der Waals surface area contributed by atoms with Crippen molar-refractivity contribution in [2.75, 3.05) is 68.5 Å². The quantitative estimate of drug-likeness (QED) is 0.507. The number of nitrogens with zero attached hydrogens (tertiary/aromatic N) is 2. The molecule has 0 aliphatic carbocycles. The molecule has 0 spiro atoms. The molecule has 0 unspecified atom stereocenters. The molecule has 0 atom stereocenters. The molecule has 1 fully saturated rings. The van der Waals surface area contributed by atoms with Crippen LogP contribution in [-0.2, 0) is 19.1 Å². The first kappa shape index (κ1) is 26.2. The fourth-order valence-corrected chi connectivity index (χ4v) is 4.12. The van der Waals surface area contributed by atoms with Crippen LogP contribution in [0.2, 0.25) is 0 Å². The van der Waals surface area contributed by atoms with Gasteiger partial charge in [0.15, 0.2) is 0 Å². The topological polar surface area (TPSA) is 103 Å². The second-order valence-electron chi connectivity index (χ2n) is 8.97. The fourth-order valence-electron chi connectivity index (χ4n) is 4.12. The van der Waals surface area contributed by atoms with E-state index in [9.17, 15) is 14.4 Å². The van der Waals surface area contributed by atoms with Gasteiger partial charge < -0.3 is 25.6 Å². The smallest absolute Gasteiger partial charge is 0.243 e. The van der Waals surface area contributed by atoms with E-state index in [0.29, 0.717) is 5.69 Å². The van der Waals surface area contributed by atoms with Gasteiger partial charge in [0.1, 0.15) is 0 Å². The molecular formula is C26H35N5O4. The summed E-state index contributed by atoms with van der Waals surface area (Å²) in [5.41, 5.74) is 5.64. The van der Waals surface area contributed by atoms with Gasteiger partial charge in [0.05, 0.1) is 32.8 Å². The van der Waals surface area contributed by atoms with Crippen molar-refractivity contribution in [3.8, 4) is 0 Å². The molecule has 9 heteroatoms. The second-order valence-corrected chi connectivity index (χ2v) is 8.97. The summed E-state index contributed by atoms with van der Waals surface area (Å²) in [4.78, 5) is 40.7. The molecule has 1 aliphatic heterocycles. The average Bonchev–Trinajstić information content (AvgIpc) is 2.81. The standard InChI is InChI=1S/C26H35N5O4/c1-18-13-19(2)26(20(3)14-18)29-23(32)15-27-24(33)16-30(4)17-25(34)28-21-5-7-22(8-6-21)31-9-11-35-12-10-31/h5-8,13-14H,9-12,15-17H2,1-4H3,(H,27,33)(H,28,34)(H,29,32). The molecule has 3 rings (SSSR count). The lowest BCUT2D eigenvalue weighted by molar-refractivity contribution is -0.125. The van der Waals surface area contributed by atoms with Crippen molar-refractivity contribution in [1.82, 2.24) is 10.2 Å². The number of nitrogens with one attached hydrogen (secondary N) is 3. The van der Waals surface area contributed by atoms with Crippen LogP contribution in [0.4, 0.5) is 17.1 Å². The third-order valence-corrected chi connectivity index (χ3v) is 5.74. The molecule has 35 heavy (non-hydrogen) atoms. The van der Waals surface area contributed by atoms with Crippen molar-refractivity contribution < 1.29 is 19.1 Å². The molecule has 1 saturated heterocycles. The Kier molecular flexibility index (Phi) is 9.22. The minimum Gasteiger partial charge on any atom is -0.378 e. The van der Waals surface area contributed by atoms with Gasteiger partial charge in [0.25, 0.3) is 0 Å². The molecule has 2 aromatic rings. The lowest BCUT2D eigenvalue weighted by Gasteiger charge is -2.28. The molecule has 2 aromatic carbocycles. The number of amides is 3. The van der Waals surface area contributed by atoms with Crippen LogP contribution in [0.15, 0.2) is 36.4 Å². The molecule has 0 aromatic heterocycles. The monoisotopic (exact) mass is 481 g/mol. The Morgan fingerprint density at radius 3 is 2.11 bits per heavy atom. The highest BCUT2D eigenvalue weighted by Gasteiger charge is 2.14. The maximum atomic E-state index is 12.4. The van der Waals surface area contributed by atoms with Gasteiger partial charge in [-0.05, 0) is 63.2 Å². The molecule has 188 valence electrons. The minimum atomic E-state index is -0.331. The normalized spacial score (nSPS) is 13.5. The zero-order chi connectivity index (χ0) is 25.4. The Morgan fingerprint density at radius 2 is 1.49 bits per heavy atom. The van der Waals surface area contributed by atoms with Gasteiger partial charge in [-0.15, -0.1) is 0 Å². The summed E-state index contributed by atoms with van der Waals surface area (Å²) in [5.74, 6) is -0.848. The fraction of sp³-hybridized carbons (Fsp3) is 0.423. The van der Waals surface area contributed by atoms with Gasteiger partial charge >= 0.3 is 0 Å². The van der Waals surface area contributed by atoms with E-state index in [2.05, 4.69) is 20.9 Å². The van der Waals surface area contributed by atoms with Crippen molar-refractivity contribution in [2.24, 2.45) is 0 Å². The van der Waals surface area contributed by atoms with E-state index >= 15 is 0 Å². The number of carbonyl (C=O) groups is 3. The van der Waals surface area contributed by atoms with Crippen LogP contribution in [-0.4, -0.2) is 75.6 Å². The first-order valence-corrected chi connectivity index (χ1v) is 11.8. The van der Waals surface area contributed by atoms with Gasteiger partial charge in [-0.3, -0.25) is 19.3 Å². The lowest BCUT2D eigenvalue weighted by Crippen LogP contribution is -2.41. The molecule has 1 heterocycles. The van der Waals surface area contributed by atoms with Crippen LogP contribution >= 0.6 is 0 Å². The van der Waals surface area contributed by atoms with Crippen LogP contribution < -0.4 is 20.9 Å². The largest absolute Gasteiger partial charge is 0.378 e. The number of hydrogen-bond acceptors (Lipinski definition) is 6. The van der Waals surface area contributed by atoms with Crippen LogP contribution in [0.1, 0.15) is 16.7 Å². The summed E-state index contributed by atoms with van der Waals surface area (Å²) in [6.07, 6.45) is 0. The maximum Gasteiger partial charge on any atom is 0.243 e. The first-order chi connectivity index (χ1) is 16.7. The van der Waals surface area contributed by atoms with E-state index < -0.39 is 0 Å². The molecule has 0 bridgehead atoms. The predicted octanol–water partition coefficient (Wildman–Crippen LogP) is 2.07. The number of rotatable bonds is 9. The van der Waals surface area contributed by atoms with Crippen LogP contribution in [0.3, 0.4) is 0 Å². The van der Waals surface area contributed by atoms with Gasteiger partial charge in [-0.2, -0.15) is 0 Å². The molecule has 9 nitrogen and oxygen atoms in total. The van der Waals surface area contributed by atoms with Crippen molar-refractivity contribution >= 4 is 34.8 Å². The zero-order valence-corrected chi connectivity index (χ0v) is 20.9. The van der Waals surface area contributed by atoms with E-state index in [1.54, 1.807) is 11.9 Å². The van der Waals surface area contributed by atoms with Crippen molar-refractivity contribution in [3.63, 3.8) is 0 Å². The summed E-state index contributed by atoms with van der Waals surface area (Å²) < 4.78 is 5.37. The van der Waals surface area contributed by atoms with Gasteiger partial charge in [-0.1, -0.05) is 17.7 Å². The highest BCUT2D eigenvalue weighted by molar-refractivity contribution is 5.96. The highest BCUT2D eigenvalue weighted by atomic mass is 16.5. The Labute approximate surface area is 206 Å². The van der Waals surface area contributed by atoms with E-state index in [0.717, 1.165) is 54.4 Å². The number of anilines is 3. The summed E-state index contributed by atoms with van der Waals surface area (Å²) in [6, 6.07) is 11.7. The number of carbonyl (C=O) groups excluding carboxylic acids is 3. The molecule has 3 amide bonds. The number of hydrogen-bond donors (Lipinski definition) is 3. The number of morpholine rings is 1. The Bertz CT molecular complexity index is 1030. The SMILES string of the molecule is Cc1cc(C)c(NC(=O)CNC(=O)CN(C)CC(=O)Nc2ccc(N3CCOCC3)cc2)c(C)c1. The lowest BCUT2D eigenvalue weighted by atomic mass is 10.1. The van der Waals surface area contributed by atoms with Crippen molar-refractivity contribution in [1.29, 1.82) is 0 Å². The number of benzene rings is 2. The van der Waals surface area contributed by atoms with Crippen LogP contribution in [0.5, 0.6) is 0 Å². The van der Waals surface area contributed by atoms with Gasteiger partial charge in [0.2, 0.25) is 17.7 Å². The summed E-state index contributed by atoms with van der Waals surface area (Å²) in [7, 11) is 1.68. The molecular weight excluding hydrogens is 446 g/mol. The van der Waals surface area contributed by atoms with Crippen molar-refractivity contribution in [2.45, 2.75) is 20.8 Å². The molecule has 3 N–H and O–H groups in total.